The van der Waals surface area contributed by atoms with Crippen LogP contribution in [0.1, 0.15) is 41.0 Å². The summed E-state index contributed by atoms with van der Waals surface area (Å²) in [6, 6.07) is 0. The molecule has 0 amide bonds. The summed E-state index contributed by atoms with van der Waals surface area (Å²) in [7, 11) is 0. The summed E-state index contributed by atoms with van der Waals surface area (Å²) in [5, 5.41) is 0. The Hall–Kier alpha value is -0.760. The minimum absolute atomic E-state index is 0.945. The van der Waals surface area contributed by atoms with Crippen molar-refractivity contribution in [2.45, 2.75) is 41.0 Å². The Kier molecular flexibility index (Phi) is 46.1. The Morgan fingerprint density at radius 1 is 1.08 bits per heavy atom. The topological polar surface area (TPSA) is 38.0 Å². The molecular formula is C10H24N2. The van der Waals surface area contributed by atoms with Crippen molar-refractivity contribution in [2.75, 3.05) is 0 Å². The quantitative estimate of drug-likeness (QED) is 0.390. The third kappa shape index (κ3) is 34.9. The van der Waals surface area contributed by atoms with Crippen molar-refractivity contribution >= 4 is 0 Å². The molecule has 74 valence electrons. The van der Waals surface area contributed by atoms with Crippen molar-refractivity contribution in [1.82, 2.24) is 5.43 Å². The van der Waals surface area contributed by atoms with Crippen LogP contribution in [0.15, 0.2) is 24.4 Å². The lowest BCUT2D eigenvalue weighted by atomic mass is 10.4. The van der Waals surface area contributed by atoms with Gasteiger partial charge in [-0.25, -0.2) is 0 Å². The molecule has 0 unspecified atom stereocenters. The van der Waals surface area contributed by atoms with E-state index in [1.165, 1.54) is 0 Å². The first kappa shape index (κ1) is 17.4. The van der Waals surface area contributed by atoms with Crippen LogP contribution >= 0.6 is 0 Å². The molecule has 0 aliphatic carbocycles. The van der Waals surface area contributed by atoms with Gasteiger partial charge in [-0.3, -0.25) is 5.84 Å². The Labute approximate surface area is 77.5 Å². The Balaban J connectivity index is -0.000000175. The molecule has 0 aromatic carbocycles. The third-order valence-electron chi connectivity index (χ3n) is 0.722. The second kappa shape index (κ2) is 31.8. The van der Waals surface area contributed by atoms with Crippen LogP contribution in [0.25, 0.3) is 0 Å². The third-order valence-corrected chi connectivity index (χ3v) is 0.722. The molecule has 0 heterocycles. The molecule has 0 saturated heterocycles. The zero-order valence-electron chi connectivity index (χ0n) is 9.09. The van der Waals surface area contributed by atoms with Crippen molar-refractivity contribution in [3.8, 4) is 0 Å². The van der Waals surface area contributed by atoms with E-state index in [0.29, 0.717) is 0 Å². The highest BCUT2D eigenvalue weighted by Gasteiger charge is 1.64. The first-order valence-electron chi connectivity index (χ1n) is 4.64. The van der Waals surface area contributed by atoms with E-state index in [4.69, 9.17) is 5.84 Å². The van der Waals surface area contributed by atoms with Gasteiger partial charge in [0.25, 0.3) is 0 Å². The van der Waals surface area contributed by atoms with Gasteiger partial charge in [-0.05, 0) is 13.3 Å². The molecule has 0 fully saturated rings. The molecule has 2 nitrogen and oxygen atoms in total. The van der Waals surface area contributed by atoms with Gasteiger partial charge in [-0.2, -0.15) is 0 Å². The van der Waals surface area contributed by atoms with E-state index < -0.39 is 0 Å². The highest BCUT2D eigenvalue weighted by Crippen LogP contribution is 1.81. The fourth-order valence-corrected chi connectivity index (χ4v) is 0.351. The van der Waals surface area contributed by atoms with Gasteiger partial charge in [-0.1, -0.05) is 45.9 Å². The molecule has 0 saturated carbocycles. The molecule has 0 aliphatic heterocycles. The van der Waals surface area contributed by atoms with Gasteiger partial charge in [0.15, 0.2) is 0 Å². The van der Waals surface area contributed by atoms with E-state index in [2.05, 4.69) is 5.43 Å². The normalized spacial score (nSPS) is 8.50. The maximum Gasteiger partial charge on any atom is 0.00857 e. The Morgan fingerprint density at radius 3 is 1.92 bits per heavy atom. The van der Waals surface area contributed by atoms with Crippen molar-refractivity contribution in [2.24, 2.45) is 5.84 Å². The van der Waals surface area contributed by atoms with Gasteiger partial charge >= 0.3 is 0 Å². The zero-order chi connectivity index (χ0) is 10.2. The van der Waals surface area contributed by atoms with Crippen LogP contribution < -0.4 is 11.3 Å². The SMILES string of the molecule is C/C=C\C/C=C\NN.CC.CC. The molecule has 12 heavy (non-hydrogen) atoms. The molecule has 0 radical (unpaired) electrons. The summed E-state index contributed by atoms with van der Waals surface area (Å²) in [6.45, 7) is 9.99. The van der Waals surface area contributed by atoms with Crippen molar-refractivity contribution in [1.29, 1.82) is 0 Å². The number of allylic oxidation sites excluding steroid dienone is 3. The maximum absolute atomic E-state index is 4.95. The van der Waals surface area contributed by atoms with Gasteiger partial charge in [0.2, 0.25) is 0 Å². The van der Waals surface area contributed by atoms with Crippen molar-refractivity contribution < 1.29 is 0 Å². The lowest BCUT2D eigenvalue weighted by Crippen LogP contribution is -2.12. The predicted molar refractivity (Wildman–Crippen MR) is 58.6 cm³/mol. The smallest absolute Gasteiger partial charge is 0.00857 e. The molecule has 0 rings (SSSR count). The molecule has 0 aromatic heterocycles. The van der Waals surface area contributed by atoms with E-state index in [1.807, 2.05) is 52.8 Å². The van der Waals surface area contributed by atoms with E-state index in [0.717, 1.165) is 6.42 Å². The van der Waals surface area contributed by atoms with Crippen LogP contribution in [0.4, 0.5) is 0 Å². The van der Waals surface area contributed by atoms with Crippen molar-refractivity contribution in [3.63, 3.8) is 0 Å². The standard InChI is InChI=1S/C6H12N2.2C2H6/c1-2-3-4-5-6-8-7;2*1-2/h2-3,5-6,8H,4,7H2,1H3;2*1-2H3/b3-2-,6-5-;;. The van der Waals surface area contributed by atoms with Gasteiger partial charge in [-0.15, -0.1) is 0 Å². The highest BCUT2D eigenvalue weighted by molar-refractivity contribution is 4.89. The van der Waals surface area contributed by atoms with E-state index in [1.54, 1.807) is 6.20 Å². The minimum atomic E-state index is 0.945. The number of hydrogen-bond donors (Lipinski definition) is 2. The summed E-state index contributed by atoms with van der Waals surface area (Å²) in [6.07, 6.45) is 8.65. The summed E-state index contributed by atoms with van der Waals surface area (Å²) < 4.78 is 0. The second-order valence-electron chi connectivity index (χ2n) is 1.37. The molecule has 0 atom stereocenters. The molecule has 2 heteroatoms. The number of nitrogens with two attached hydrogens (primary N) is 1. The van der Waals surface area contributed by atoms with Crippen molar-refractivity contribution in [3.05, 3.63) is 24.4 Å². The Bertz CT molecular complexity index is 85.8. The molecular weight excluding hydrogens is 148 g/mol. The van der Waals surface area contributed by atoms with Crippen LogP contribution in [0, 0.1) is 0 Å². The lowest BCUT2D eigenvalue weighted by Gasteiger charge is -1.81. The maximum atomic E-state index is 4.95. The van der Waals surface area contributed by atoms with Gasteiger partial charge in [0, 0.05) is 6.20 Å². The number of hydrazine groups is 1. The van der Waals surface area contributed by atoms with Gasteiger partial charge in [0.05, 0.1) is 0 Å². The average Bonchev–Trinajstić information content (AvgIpc) is 2.19. The fraction of sp³-hybridized carbons (Fsp3) is 0.600. The first-order chi connectivity index (χ1) is 5.91. The number of hydrogen-bond acceptors (Lipinski definition) is 2. The van der Waals surface area contributed by atoms with Crippen LogP contribution in [-0.2, 0) is 0 Å². The monoisotopic (exact) mass is 172 g/mol. The molecule has 3 N–H and O–H groups in total. The average molecular weight is 172 g/mol. The Morgan fingerprint density at radius 2 is 1.58 bits per heavy atom. The summed E-state index contributed by atoms with van der Waals surface area (Å²) in [5.74, 6) is 4.95. The number of nitrogens with one attached hydrogen (secondary N) is 1. The van der Waals surface area contributed by atoms with Crippen LogP contribution in [0.3, 0.4) is 0 Å². The minimum Gasteiger partial charge on any atom is -0.332 e. The largest absolute Gasteiger partial charge is 0.332 e. The van der Waals surface area contributed by atoms with E-state index >= 15 is 0 Å². The summed E-state index contributed by atoms with van der Waals surface area (Å²) >= 11 is 0. The fourth-order valence-electron chi connectivity index (χ4n) is 0.351. The van der Waals surface area contributed by atoms with Crippen LogP contribution in [-0.4, -0.2) is 0 Å². The summed E-state index contributed by atoms with van der Waals surface area (Å²) in [5.41, 5.74) is 2.41. The van der Waals surface area contributed by atoms with Gasteiger partial charge in [0.1, 0.15) is 0 Å². The molecule has 0 aromatic rings. The predicted octanol–water partition coefficient (Wildman–Crippen LogP) is 2.98. The van der Waals surface area contributed by atoms with Gasteiger partial charge < -0.3 is 5.43 Å². The zero-order valence-corrected chi connectivity index (χ0v) is 9.09. The highest BCUT2D eigenvalue weighted by atomic mass is 15.2. The summed E-state index contributed by atoms with van der Waals surface area (Å²) in [4.78, 5) is 0. The van der Waals surface area contributed by atoms with E-state index in [9.17, 15) is 0 Å². The molecule has 0 spiro atoms. The van der Waals surface area contributed by atoms with E-state index in [-0.39, 0.29) is 0 Å². The first-order valence-corrected chi connectivity index (χ1v) is 4.64. The molecule has 0 aliphatic rings. The second-order valence-corrected chi connectivity index (χ2v) is 1.37. The van der Waals surface area contributed by atoms with Crippen LogP contribution in [0.5, 0.6) is 0 Å². The lowest BCUT2D eigenvalue weighted by molar-refractivity contribution is 0.961. The molecule has 0 bridgehead atoms. The number of rotatable bonds is 3. The van der Waals surface area contributed by atoms with Crippen LogP contribution in [0.2, 0.25) is 0 Å².